The van der Waals surface area contributed by atoms with Crippen molar-refractivity contribution in [3.8, 4) is 11.8 Å². The Kier molecular flexibility index (Phi) is 4.59. The van der Waals surface area contributed by atoms with Gasteiger partial charge in [0.25, 0.3) is 5.91 Å². The van der Waals surface area contributed by atoms with Gasteiger partial charge in [-0.2, -0.15) is 5.26 Å². The number of imide groups is 1. The lowest BCUT2D eigenvalue weighted by Crippen LogP contribution is -2.41. The highest BCUT2D eigenvalue weighted by molar-refractivity contribution is 6.07. The van der Waals surface area contributed by atoms with Gasteiger partial charge in [0, 0.05) is 6.07 Å². The molecule has 7 heteroatoms. The summed E-state index contributed by atoms with van der Waals surface area (Å²) in [5.41, 5.74) is -0.151. The van der Waals surface area contributed by atoms with Crippen molar-refractivity contribution in [2.45, 2.75) is 12.5 Å². The van der Waals surface area contributed by atoms with E-state index in [1.54, 1.807) is 37.3 Å². The van der Waals surface area contributed by atoms with E-state index in [2.05, 4.69) is 5.32 Å². The lowest BCUT2D eigenvalue weighted by Gasteiger charge is -2.22. The van der Waals surface area contributed by atoms with Gasteiger partial charge in [0.2, 0.25) is 0 Å². The van der Waals surface area contributed by atoms with E-state index in [1.165, 1.54) is 18.2 Å². The second-order valence-corrected chi connectivity index (χ2v) is 6.01. The molecule has 0 aliphatic carbocycles. The number of amides is 3. The molecule has 6 nitrogen and oxygen atoms in total. The number of nitriles is 1. The number of ether oxygens (including phenoxy) is 1. The third-order valence-electron chi connectivity index (χ3n) is 4.25. The molecule has 0 unspecified atom stereocenters. The van der Waals surface area contributed by atoms with Gasteiger partial charge in [0.1, 0.15) is 23.7 Å². The first-order valence-electron chi connectivity index (χ1n) is 7.97. The van der Waals surface area contributed by atoms with Crippen LogP contribution in [-0.2, 0) is 10.3 Å². The predicted octanol–water partition coefficient (Wildman–Crippen LogP) is 2.54. The zero-order valence-electron chi connectivity index (χ0n) is 14.0. The smallest absolute Gasteiger partial charge is 0.325 e. The van der Waals surface area contributed by atoms with Gasteiger partial charge >= 0.3 is 6.03 Å². The number of benzene rings is 2. The number of rotatable bonds is 5. The molecule has 0 saturated carbocycles. The van der Waals surface area contributed by atoms with Crippen molar-refractivity contribution in [3.05, 3.63) is 65.5 Å². The minimum Gasteiger partial charge on any atom is -0.492 e. The van der Waals surface area contributed by atoms with E-state index < -0.39 is 23.3 Å². The molecule has 1 atom stereocenters. The van der Waals surface area contributed by atoms with Gasteiger partial charge in [-0.1, -0.05) is 18.2 Å². The van der Waals surface area contributed by atoms with E-state index in [4.69, 9.17) is 10.00 Å². The Hall–Kier alpha value is -3.40. The van der Waals surface area contributed by atoms with Crippen LogP contribution in [0.2, 0.25) is 0 Å². The molecule has 2 aromatic carbocycles. The van der Waals surface area contributed by atoms with Crippen LogP contribution in [-0.4, -0.2) is 30.0 Å². The van der Waals surface area contributed by atoms with Gasteiger partial charge in [-0.15, -0.1) is 0 Å². The number of nitrogens with zero attached hydrogens (tertiary/aromatic N) is 2. The molecule has 3 rings (SSSR count). The maximum absolute atomic E-state index is 13.1. The Morgan fingerprint density at radius 3 is 2.62 bits per heavy atom. The largest absolute Gasteiger partial charge is 0.492 e. The molecule has 0 bridgehead atoms. The number of urea groups is 1. The van der Waals surface area contributed by atoms with Gasteiger partial charge in [-0.3, -0.25) is 9.69 Å². The number of carbonyl (C=O) groups excluding carboxylic acids is 2. The minimum atomic E-state index is -1.20. The van der Waals surface area contributed by atoms with Crippen molar-refractivity contribution in [2.24, 2.45) is 0 Å². The highest BCUT2D eigenvalue weighted by atomic mass is 19.1. The van der Waals surface area contributed by atoms with Gasteiger partial charge in [0.15, 0.2) is 0 Å². The number of halogens is 1. The Morgan fingerprint density at radius 2 is 1.96 bits per heavy atom. The molecule has 1 fully saturated rings. The Morgan fingerprint density at radius 1 is 1.23 bits per heavy atom. The minimum absolute atomic E-state index is 0.0348. The molecule has 1 saturated heterocycles. The number of hydrogen-bond acceptors (Lipinski definition) is 4. The predicted molar refractivity (Wildman–Crippen MR) is 90.6 cm³/mol. The highest BCUT2D eigenvalue weighted by Crippen LogP contribution is 2.28. The molecule has 0 radical (unpaired) electrons. The molecule has 0 aromatic heterocycles. The van der Waals surface area contributed by atoms with Gasteiger partial charge in [0.05, 0.1) is 18.2 Å². The average molecular weight is 353 g/mol. The summed E-state index contributed by atoms with van der Waals surface area (Å²) in [7, 11) is 0. The summed E-state index contributed by atoms with van der Waals surface area (Å²) in [5, 5.41) is 11.6. The topological polar surface area (TPSA) is 82.4 Å². The summed E-state index contributed by atoms with van der Waals surface area (Å²) in [6.07, 6.45) is 0. The lowest BCUT2D eigenvalue weighted by molar-refractivity contribution is -0.131. The summed E-state index contributed by atoms with van der Waals surface area (Å²) in [6, 6.07) is 13.6. The zero-order valence-corrected chi connectivity index (χ0v) is 14.0. The number of nitrogens with one attached hydrogen (secondary N) is 1. The van der Waals surface area contributed by atoms with Crippen LogP contribution in [0.4, 0.5) is 9.18 Å². The highest BCUT2D eigenvalue weighted by Gasteiger charge is 2.48. The zero-order chi connectivity index (χ0) is 18.7. The molecular formula is C19H16FN3O3. The maximum atomic E-state index is 13.1. The van der Waals surface area contributed by atoms with E-state index in [0.717, 1.165) is 4.90 Å². The van der Waals surface area contributed by atoms with Gasteiger partial charge in [-0.25, -0.2) is 9.18 Å². The van der Waals surface area contributed by atoms with Crippen molar-refractivity contribution in [2.75, 3.05) is 13.2 Å². The average Bonchev–Trinajstić information content (AvgIpc) is 2.86. The Bertz CT molecular complexity index is 892. The molecular weight excluding hydrogens is 337 g/mol. The van der Waals surface area contributed by atoms with Gasteiger partial charge in [-0.05, 0) is 36.8 Å². The fourth-order valence-electron chi connectivity index (χ4n) is 2.79. The standard InChI is InChI=1S/C19H16FN3O3/c1-19(14-7-5-13(12-21)6-8-14)17(24)23(18(25)22-19)9-10-26-16-4-2-3-15(20)11-16/h2-8,11H,9-10H2,1H3,(H,22,25)/t19-/m1/s1. The van der Waals surface area contributed by atoms with Crippen molar-refractivity contribution < 1.29 is 18.7 Å². The molecule has 1 aliphatic heterocycles. The molecule has 26 heavy (non-hydrogen) atoms. The fourth-order valence-corrected chi connectivity index (χ4v) is 2.79. The van der Waals surface area contributed by atoms with Crippen molar-refractivity contribution in [1.82, 2.24) is 10.2 Å². The van der Waals surface area contributed by atoms with Crippen LogP contribution in [0.1, 0.15) is 18.1 Å². The van der Waals surface area contributed by atoms with Crippen LogP contribution < -0.4 is 10.1 Å². The van der Waals surface area contributed by atoms with Crippen molar-refractivity contribution >= 4 is 11.9 Å². The monoisotopic (exact) mass is 353 g/mol. The molecule has 1 N–H and O–H groups in total. The number of hydrogen-bond donors (Lipinski definition) is 1. The Balaban J connectivity index is 1.69. The normalized spacial score (nSPS) is 19.2. The lowest BCUT2D eigenvalue weighted by atomic mass is 9.91. The molecule has 2 aromatic rings. The second kappa shape index (κ2) is 6.84. The molecule has 0 spiro atoms. The van der Waals surface area contributed by atoms with E-state index in [9.17, 15) is 14.0 Å². The third kappa shape index (κ3) is 3.22. The summed E-state index contributed by atoms with van der Waals surface area (Å²) < 4.78 is 18.5. The molecule has 1 aliphatic rings. The summed E-state index contributed by atoms with van der Waals surface area (Å²) in [6.45, 7) is 1.70. The van der Waals surface area contributed by atoms with Crippen LogP contribution in [0.3, 0.4) is 0 Å². The first-order chi connectivity index (χ1) is 12.4. The maximum Gasteiger partial charge on any atom is 0.325 e. The fraction of sp³-hybridized carbons (Fsp3) is 0.211. The summed E-state index contributed by atoms with van der Waals surface area (Å²) in [5.74, 6) is -0.507. The van der Waals surface area contributed by atoms with E-state index in [1.807, 2.05) is 6.07 Å². The first-order valence-corrected chi connectivity index (χ1v) is 7.97. The summed E-state index contributed by atoms with van der Waals surface area (Å²) in [4.78, 5) is 26.0. The van der Waals surface area contributed by atoms with E-state index in [-0.39, 0.29) is 13.2 Å². The second-order valence-electron chi connectivity index (χ2n) is 6.01. The van der Waals surface area contributed by atoms with Crippen LogP contribution >= 0.6 is 0 Å². The van der Waals surface area contributed by atoms with Crippen molar-refractivity contribution in [1.29, 1.82) is 5.26 Å². The Labute approximate surface area is 149 Å². The number of carbonyl (C=O) groups is 2. The van der Waals surface area contributed by atoms with Crippen LogP contribution in [0.5, 0.6) is 5.75 Å². The van der Waals surface area contributed by atoms with Gasteiger partial charge < -0.3 is 10.1 Å². The molecule has 3 amide bonds. The van der Waals surface area contributed by atoms with Crippen LogP contribution in [0.25, 0.3) is 0 Å². The quantitative estimate of drug-likeness (QED) is 0.838. The van der Waals surface area contributed by atoms with Crippen LogP contribution in [0.15, 0.2) is 48.5 Å². The first kappa shape index (κ1) is 17.4. The van der Waals surface area contributed by atoms with Crippen molar-refractivity contribution in [3.63, 3.8) is 0 Å². The van der Waals surface area contributed by atoms with Crippen LogP contribution in [0, 0.1) is 17.1 Å². The summed E-state index contributed by atoms with van der Waals surface area (Å²) >= 11 is 0. The van der Waals surface area contributed by atoms with E-state index >= 15 is 0 Å². The SMILES string of the molecule is C[C@]1(c2ccc(C#N)cc2)NC(=O)N(CCOc2cccc(F)c2)C1=O. The molecule has 1 heterocycles. The molecule has 132 valence electrons. The third-order valence-corrected chi connectivity index (χ3v) is 4.25. The van der Waals surface area contributed by atoms with E-state index in [0.29, 0.717) is 16.9 Å².